The lowest BCUT2D eigenvalue weighted by Crippen LogP contribution is -2.42. The Morgan fingerprint density at radius 1 is 0.923 bits per heavy atom. The lowest BCUT2D eigenvalue weighted by atomic mass is 10.1. The Morgan fingerprint density at radius 3 is 2.08 bits per heavy atom. The van der Waals surface area contributed by atoms with Crippen LogP contribution in [0.4, 0.5) is 0 Å². The van der Waals surface area contributed by atoms with Crippen molar-refractivity contribution in [3.8, 4) is 0 Å². The molecule has 0 saturated heterocycles. The van der Waals surface area contributed by atoms with Crippen molar-refractivity contribution in [2.75, 3.05) is 0 Å². The van der Waals surface area contributed by atoms with Crippen molar-refractivity contribution in [2.45, 2.75) is 19.1 Å². The monoisotopic (exact) mass is 353 g/mol. The van der Waals surface area contributed by atoms with Crippen molar-refractivity contribution in [3.63, 3.8) is 0 Å². The molecule has 2 N–H and O–H groups in total. The van der Waals surface area contributed by atoms with Gasteiger partial charge >= 0.3 is 11.9 Å². The highest BCUT2D eigenvalue weighted by Gasteiger charge is 2.22. The number of hydrogen-bond acceptors (Lipinski definition) is 4. The summed E-state index contributed by atoms with van der Waals surface area (Å²) in [6, 6.07) is 17.4. The molecule has 1 amide bonds. The van der Waals surface area contributed by atoms with E-state index in [1.807, 2.05) is 60.7 Å². The van der Waals surface area contributed by atoms with Crippen LogP contribution in [-0.2, 0) is 32.1 Å². The smallest absolute Gasteiger partial charge is 0.329 e. The zero-order valence-corrected chi connectivity index (χ0v) is 14.0. The molecule has 134 valence electrons. The Labute approximate surface area is 151 Å². The van der Waals surface area contributed by atoms with Crippen LogP contribution in [0.2, 0.25) is 0 Å². The van der Waals surface area contributed by atoms with Crippen LogP contribution in [0.3, 0.4) is 0 Å². The summed E-state index contributed by atoms with van der Waals surface area (Å²) in [5.74, 6) is -2.51. The minimum absolute atomic E-state index is 0.0891. The van der Waals surface area contributed by atoms with E-state index in [2.05, 4.69) is 5.32 Å². The molecule has 2 aromatic rings. The van der Waals surface area contributed by atoms with E-state index in [1.165, 1.54) is 0 Å². The van der Waals surface area contributed by atoms with E-state index >= 15 is 0 Å². The minimum Gasteiger partial charge on any atom is -0.478 e. The first-order chi connectivity index (χ1) is 12.5. The van der Waals surface area contributed by atoms with Gasteiger partial charge in [0.2, 0.25) is 5.91 Å². The molecule has 0 unspecified atom stereocenters. The average molecular weight is 353 g/mol. The quantitative estimate of drug-likeness (QED) is 0.560. The largest absolute Gasteiger partial charge is 0.478 e. The number of carboxylic acids is 1. The zero-order chi connectivity index (χ0) is 18.8. The molecule has 0 aliphatic rings. The molecule has 0 aliphatic carbocycles. The molecule has 1 atom stereocenters. The number of carboxylic acid groups (broad SMARTS) is 1. The molecule has 0 aliphatic heterocycles. The standard InChI is InChI=1S/C20H19NO5/c22-18(11-12-19(23)24)21-17(13-15-7-3-1-4-8-15)20(25)26-14-16-9-5-2-6-10-16/h1-12,17H,13-14H2,(H,21,22)(H,23,24)/b12-11+/t17-/m0/s1. The first kappa shape index (κ1) is 18.9. The van der Waals surface area contributed by atoms with E-state index in [0.29, 0.717) is 6.08 Å². The lowest BCUT2D eigenvalue weighted by molar-refractivity contribution is -0.148. The number of esters is 1. The Morgan fingerprint density at radius 2 is 1.50 bits per heavy atom. The number of aliphatic carboxylic acids is 1. The number of benzene rings is 2. The molecule has 6 heteroatoms. The third-order valence-corrected chi connectivity index (χ3v) is 3.48. The SMILES string of the molecule is O=C(O)/C=C/C(=O)N[C@@H](Cc1ccccc1)C(=O)OCc1ccccc1. The number of amides is 1. The van der Waals surface area contributed by atoms with Crippen molar-refractivity contribution < 1.29 is 24.2 Å². The molecular formula is C20H19NO5. The van der Waals surface area contributed by atoms with Gasteiger partial charge in [-0.1, -0.05) is 60.7 Å². The van der Waals surface area contributed by atoms with Crippen molar-refractivity contribution in [3.05, 3.63) is 83.9 Å². The summed E-state index contributed by atoms with van der Waals surface area (Å²) in [6.45, 7) is 0.0891. The van der Waals surface area contributed by atoms with Gasteiger partial charge in [-0.05, 0) is 11.1 Å². The number of hydrogen-bond donors (Lipinski definition) is 2. The fourth-order valence-corrected chi connectivity index (χ4v) is 2.24. The molecule has 2 aromatic carbocycles. The van der Waals surface area contributed by atoms with Gasteiger partial charge in [0.05, 0.1) is 0 Å². The number of carbonyl (C=O) groups excluding carboxylic acids is 2. The van der Waals surface area contributed by atoms with E-state index in [-0.39, 0.29) is 13.0 Å². The molecule has 0 bridgehead atoms. The molecule has 0 heterocycles. The van der Waals surface area contributed by atoms with Gasteiger partial charge in [-0.2, -0.15) is 0 Å². The van der Waals surface area contributed by atoms with Crippen LogP contribution in [0.15, 0.2) is 72.8 Å². The molecule has 0 radical (unpaired) electrons. The summed E-state index contributed by atoms with van der Waals surface area (Å²) in [4.78, 5) is 34.8. The van der Waals surface area contributed by atoms with Crippen LogP contribution in [0.25, 0.3) is 0 Å². The Kier molecular flexibility index (Phi) is 7.12. The van der Waals surface area contributed by atoms with Crippen molar-refractivity contribution >= 4 is 17.8 Å². The molecule has 26 heavy (non-hydrogen) atoms. The van der Waals surface area contributed by atoms with Gasteiger partial charge in [0.1, 0.15) is 12.6 Å². The van der Waals surface area contributed by atoms with Crippen LogP contribution < -0.4 is 5.32 Å². The minimum atomic E-state index is -1.24. The average Bonchev–Trinajstić information content (AvgIpc) is 2.65. The number of rotatable bonds is 8. The molecule has 2 rings (SSSR count). The lowest BCUT2D eigenvalue weighted by Gasteiger charge is -2.17. The highest BCUT2D eigenvalue weighted by atomic mass is 16.5. The maximum Gasteiger partial charge on any atom is 0.329 e. The van der Waals surface area contributed by atoms with E-state index < -0.39 is 23.9 Å². The van der Waals surface area contributed by atoms with Gasteiger partial charge in [-0.15, -0.1) is 0 Å². The highest BCUT2D eigenvalue weighted by molar-refractivity contribution is 5.96. The van der Waals surface area contributed by atoms with Crippen molar-refractivity contribution in [1.29, 1.82) is 0 Å². The second kappa shape index (κ2) is 9.78. The van der Waals surface area contributed by atoms with Gasteiger partial charge in [0.15, 0.2) is 0 Å². The summed E-state index contributed by atoms with van der Waals surface area (Å²) in [5.41, 5.74) is 1.67. The number of nitrogens with one attached hydrogen (secondary N) is 1. The first-order valence-electron chi connectivity index (χ1n) is 8.00. The van der Waals surface area contributed by atoms with Crippen molar-refractivity contribution in [2.24, 2.45) is 0 Å². The number of ether oxygens (including phenoxy) is 1. The summed E-state index contributed by atoms with van der Waals surface area (Å²) in [6.07, 6.45) is 1.82. The van der Waals surface area contributed by atoms with E-state index in [1.54, 1.807) is 0 Å². The first-order valence-corrected chi connectivity index (χ1v) is 8.00. The fraction of sp³-hybridized carbons (Fsp3) is 0.150. The predicted molar refractivity (Wildman–Crippen MR) is 95.1 cm³/mol. The normalized spacial score (nSPS) is 11.7. The van der Waals surface area contributed by atoms with Crippen LogP contribution >= 0.6 is 0 Å². The Hall–Kier alpha value is -3.41. The second-order valence-electron chi connectivity index (χ2n) is 5.52. The van der Waals surface area contributed by atoms with Gasteiger partial charge in [-0.3, -0.25) is 4.79 Å². The van der Waals surface area contributed by atoms with Gasteiger partial charge in [-0.25, -0.2) is 9.59 Å². The maximum atomic E-state index is 12.4. The van der Waals surface area contributed by atoms with Crippen LogP contribution in [0.1, 0.15) is 11.1 Å². The van der Waals surface area contributed by atoms with E-state index in [4.69, 9.17) is 9.84 Å². The van der Waals surface area contributed by atoms with E-state index in [9.17, 15) is 14.4 Å². The van der Waals surface area contributed by atoms with Crippen LogP contribution in [0.5, 0.6) is 0 Å². The van der Waals surface area contributed by atoms with Crippen molar-refractivity contribution in [1.82, 2.24) is 5.32 Å². The molecular weight excluding hydrogens is 334 g/mol. The zero-order valence-electron chi connectivity index (χ0n) is 14.0. The van der Waals surface area contributed by atoms with E-state index in [0.717, 1.165) is 17.2 Å². The van der Waals surface area contributed by atoms with Gasteiger partial charge in [0.25, 0.3) is 0 Å². The van der Waals surface area contributed by atoms with Crippen LogP contribution in [0, 0.1) is 0 Å². The summed E-state index contributed by atoms with van der Waals surface area (Å²) >= 11 is 0. The summed E-state index contributed by atoms with van der Waals surface area (Å²) in [5, 5.41) is 11.1. The fourth-order valence-electron chi connectivity index (χ4n) is 2.24. The molecule has 0 spiro atoms. The summed E-state index contributed by atoms with van der Waals surface area (Å²) < 4.78 is 5.29. The molecule has 0 aromatic heterocycles. The predicted octanol–water partition coefficient (Wildman–Crippen LogP) is 2.10. The third kappa shape index (κ3) is 6.60. The molecule has 6 nitrogen and oxygen atoms in total. The highest BCUT2D eigenvalue weighted by Crippen LogP contribution is 2.07. The Bertz CT molecular complexity index is 771. The topological polar surface area (TPSA) is 92.7 Å². The third-order valence-electron chi connectivity index (χ3n) is 3.48. The summed E-state index contributed by atoms with van der Waals surface area (Å²) in [7, 11) is 0. The molecule has 0 saturated carbocycles. The van der Waals surface area contributed by atoms with Gasteiger partial charge < -0.3 is 15.2 Å². The molecule has 0 fully saturated rings. The second-order valence-corrected chi connectivity index (χ2v) is 5.52. The Balaban J connectivity index is 2.04. The van der Waals surface area contributed by atoms with Gasteiger partial charge in [0, 0.05) is 18.6 Å². The maximum absolute atomic E-state index is 12.4. The van der Waals surface area contributed by atoms with Crippen LogP contribution in [-0.4, -0.2) is 29.0 Å². The number of carbonyl (C=O) groups is 3.